The van der Waals surface area contributed by atoms with Crippen molar-refractivity contribution in [1.82, 2.24) is 4.98 Å². The van der Waals surface area contributed by atoms with Crippen molar-refractivity contribution in [1.29, 1.82) is 0 Å². The van der Waals surface area contributed by atoms with E-state index in [0.717, 1.165) is 59.9 Å². The molecule has 56 heavy (non-hydrogen) atoms. The van der Waals surface area contributed by atoms with Crippen LogP contribution in [0.25, 0.3) is 0 Å². The largest absolute Gasteiger partial charge is 1.00 e. The summed E-state index contributed by atoms with van der Waals surface area (Å²) < 4.78 is 0. The summed E-state index contributed by atoms with van der Waals surface area (Å²) in [6.07, 6.45) is 5.15. The van der Waals surface area contributed by atoms with Gasteiger partial charge in [-0.15, -0.1) is 0 Å². The molecule has 0 radical (unpaired) electrons. The van der Waals surface area contributed by atoms with Gasteiger partial charge in [0.1, 0.15) is 0 Å². The molecular formula is C48H62CoN3O4. The Labute approximate surface area is 346 Å². The van der Waals surface area contributed by atoms with Crippen molar-refractivity contribution in [3.8, 4) is 11.5 Å². The summed E-state index contributed by atoms with van der Waals surface area (Å²) in [5.41, 5.74) is 13.9. The molecule has 0 aliphatic heterocycles. The minimum atomic E-state index is -1.43. The zero-order valence-electron chi connectivity index (χ0n) is 35.5. The van der Waals surface area contributed by atoms with Crippen LogP contribution in [0.5, 0.6) is 11.5 Å². The summed E-state index contributed by atoms with van der Waals surface area (Å²) in [6, 6.07) is 18.2. The molecule has 0 spiro atoms. The second-order valence-electron chi connectivity index (χ2n) is 16.5. The van der Waals surface area contributed by atoms with Crippen LogP contribution in [-0.4, -0.2) is 32.6 Å². The molecule has 1 fully saturated rings. The first-order valence-electron chi connectivity index (χ1n) is 20.0. The summed E-state index contributed by atoms with van der Waals surface area (Å²) in [4.78, 5) is 26.5. The molecule has 7 nitrogen and oxygen atoms in total. The number of aliphatic imine (C=N–C) groups is 2. The number of rotatable bonds is 10. The van der Waals surface area contributed by atoms with Gasteiger partial charge >= 0.3 is 16.8 Å². The Balaban J connectivity index is 0.000000389. The van der Waals surface area contributed by atoms with Crippen LogP contribution < -0.4 is 5.11 Å². The molecular weight excluding hydrogens is 741 g/mol. The molecule has 5 rings (SSSR count). The number of pyridine rings is 1. The van der Waals surface area contributed by atoms with Crippen molar-refractivity contribution in [3.05, 3.63) is 110 Å². The number of carboxylic acid groups (broad SMARTS) is 1. The normalized spacial score (nSPS) is 13.9. The smallest absolute Gasteiger partial charge is 0.545 e. The molecule has 1 heterocycles. The minimum absolute atomic E-state index is 0. The molecule has 0 atom stereocenters. The average molecular weight is 804 g/mol. The molecule has 8 heteroatoms. The summed E-state index contributed by atoms with van der Waals surface area (Å²) in [7, 11) is 0. The first kappa shape index (κ1) is 46.1. The number of carboxylic acids is 1. The Hall–Kier alpha value is -4.27. The number of carbonyl (C=O) groups is 1. The van der Waals surface area contributed by atoms with Gasteiger partial charge in [0.25, 0.3) is 0 Å². The van der Waals surface area contributed by atoms with Gasteiger partial charge in [0, 0.05) is 5.56 Å². The van der Waals surface area contributed by atoms with E-state index in [4.69, 9.17) is 15.0 Å². The number of aromatic nitrogens is 1. The third-order valence-corrected chi connectivity index (χ3v) is 10.6. The molecule has 0 bridgehead atoms. The number of phenolic OH excluding ortho intramolecular Hbond substituents is 1. The number of aromatic carboxylic acids is 1. The van der Waals surface area contributed by atoms with E-state index < -0.39 is 17.5 Å². The zero-order chi connectivity index (χ0) is 40.7. The van der Waals surface area contributed by atoms with Gasteiger partial charge in [-0.2, -0.15) is 0 Å². The molecule has 3 aromatic carbocycles. The summed E-state index contributed by atoms with van der Waals surface area (Å²) in [6.45, 7) is 26.4. The maximum atomic E-state index is 11.1. The van der Waals surface area contributed by atoms with Gasteiger partial charge in [-0.05, 0) is 116 Å². The van der Waals surface area contributed by atoms with Crippen LogP contribution >= 0.6 is 0 Å². The van der Waals surface area contributed by atoms with Crippen LogP contribution in [0.4, 0.5) is 11.4 Å². The van der Waals surface area contributed by atoms with Gasteiger partial charge in [-0.1, -0.05) is 122 Å². The predicted molar refractivity (Wildman–Crippen MR) is 227 cm³/mol. The fourth-order valence-electron chi connectivity index (χ4n) is 7.54. The van der Waals surface area contributed by atoms with Crippen LogP contribution in [0.3, 0.4) is 0 Å². The Morgan fingerprint density at radius 2 is 1.07 bits per heavy atom. The van der Waals surface area contributed by atoms with E-state index in [1.165, 1.54) is 45.9 Å². The monoisotopic (exact) mass is 803 g/mol. The van der Waals surface area contributed by atoms with E-state index in [1.54, 1.807) is 6.07 Å². The fraction of sp³-hybridized carbons (Fsp3) is 0.458. The van der Waals surface area contributed by atoms with Gasteiger partial charge in [-0.3, -0.25) is 9.98 Å². The van der Waals surface area contributed by atoms with E-state index in [-0.39, 0.29) is 28.3 Å². The molecule has 1 saturated carbocycles. The van der Waals surface area contributed by atoms with E-state index >= 15 is 0 Å². The predicted octanol–water partition coefficient (Wildman–Crippen LogP) is 12.0. The Kier molecular flexibility index (Phi) is 16.7. The second kappa shape index (κ2) is 20.2. The summed E-state index contributed by atoms with van der Waals surface area (Å²) in [5, 5.41) is 30.0. The van der Waals surface area contributed by atoms with Crippen molar-refractivity contribution in [3.63, 3.8) is 0 Å². The summed E-state index contributed by atoms with van der Waals surface area (Å²) in [5.74, 6) is -0.696. The number of nitrogens with zero attached hydrogens (tertiary/aromatic N) is 3. The number of hydrogen-bond acceptors (Lipinski definition) is 7. The van der Waals surface area contributed by atoms with Crippen molar-refractivity contribution >= 4 is 28.8 Å². The SMILES string of the molecule is CC(=Nc1c(C(C)C)cc(C)cc1C(C)C)c1cccc(C(C)=Nc2c(C(C)C)cc(C)cc2C(C)C)n1.O=C([O-])c1c(C2CCCCC2)ccc(O)c1O.[Co+]. The molecule has 1 aromatic heterocycles. The summed E-state index contributed by atoms with van der Waals surface area (Å²) >= 11 is 0. The first-order chi connectivity index (χ1) is 25.9. The molecule has 4 aromatic rings. The van der Waals surface area contributed by atoms with E-state index in [1.807, 2.05) is 0 Å². The Bertz CT molecular complexity index is 1900. The fourth-order valence-corrected chi connectivity index (χ4v) is 7.54. The minimum Gasteiger partial charge on any atom is -0.545 e. The van der Waals surface area contributed by atoms with E-state index in [2.05, 4.69) is 126 Å². The number of aryl methyl sites for hydroxylation is 2. The number of carbonyl (C=O) groups excluding carboxylic acids is 1. The van der Waals surface area contributed by atoms with Gasteiger partial charge in [-0.25, -0.2) is 4.98 Å². The maximum Gasteiger partial charge on any atom is 1.00 e. The number of hydrogen-bond donors (Lipinski definition) is 2. The van der Waals surface area contributed by atoms with E-state index in [0.29, 0.717) is 29.2 Å². The Morgan fingerprint density at radius 1 is 0.679 bits per heavy atom. The molecule has 1 aliphatic rings. The maximum absolute atomic E-state index is 11.1. The van der Waals surface area contributed by atoms with Crippen molar-refractivity contribution in [2.24, 2.45) is 9.98 Å². The zero-order valence-corrected chi connectivity index (χ0v) is 36.5. The molecule has 302 valence electrons. The topological polar surface area (TPSA) is 118 Å². The number of aromatic hydroxyl groups is 2. The van der Waals surface area contributed by atoms with Crippen LogP contribution in [0.1, 0.15) is 192 Å². The molecule has 0 unspecified atom stereocenters. The standard InChI is InChI=1S/C35H47N3.C13H16O4.Co/c1-20(2)28-16-24(9)17-29(21(3)4)34(28)36-26(11)32-14-13-15-33(38-32)27(12)37-35-30(22(5)6)18-25(10)19-31(35)23(7)8;14-10-7-6-9(8-4-2-1-3-5-8)11(12(10)15)13(16)17;/h13-23H,1-12H3;6-8,14-15H,1-5H2,(H,16,17);/q;;+1/p-1. The molecule has 0 saturated heterocycles. The molecule has 2 N–H and O–H groups in total. The van der Waals surface area contributed by atoms with E-state index in [9.17, 15) is 20.1 Å². The van der Waals surface area contributed by atoms with Gasteiger partial charge < -0.3 is 20.1 Å². The Morgan fingerprint density at radius 3 is 1.43 bits per heavy atom. The van der Waals surface area contributed by atoms with Gasteiger partial charge in [0.2, 0.25) is 0 Å². The number of benzene rings is 3. The van der Waals surface area contributed by atoms with Crippen molar-refractivity contribution in [2.75, 3.05) is 0 Å². The third-order valence-electron chi connectivity index (χ3n) is 10.6. The second-order valence-corrected chi connectivity index (χ2v) is 16.5. The van der Waals surface area contributed by atoms with Gasteiger partial charge in [0.05, 0.1) is 40.2 Å². The van der Waals surface area contributed by atoms with Crippen LogP contribution in [0, 0.1) is 13.8 Å². The van der Waals surface area contributed by atoms with Crippen LogP contribution in [0.2, 0.25) is 0 Å². The van der Waals surface area contributed by atoms with Crippen LogP contribution in [0.15, 0.2) is 64.6 Å². The first-order valence-corrected chi connectivity index (χ1v) is 20.0. The van der Waals surface area contributed by atoms with Gasteiger partial charge in [0.15, 0.2) is 11.5 Å². The quantitative estimate of drug-likeness (QED) is 0.122. The van der Waals surface area contributed by atoms with Crippen molar-refractivity contribution < 1.29 is 36.9 Å². The number of phenols is 2. The molecule has 0 amide bonds. The average Bonchev–Trinajstić information content (AvgIpc) is 3.13. The third kappa shape index (κ3) is 11.2. The van der Waals surface area contributed by atoms with Crippen LogP contribution in [-0.2, 0) is 16.8 Å². The molecule has 1 aliphatic carbocycles. The van der Waals surface area contributed by atoms with Crippen molar-refractivity contribution in [2.45, 2.75) is 145 Å².